The Bertz CT molecular complexity index is 759. The number of fused-ring (bicyclic) bond motifs is 1. The minimum absolute atomic E-state index is 0.221. The first-order valence-electron chi connectivity index (χ1n) is 11.2. The molecule has 3 heterocycles. The molecule has 1 saturated heterocycles. The predicted octanol–water partition coefficient (Wildman–Crippen LogP) is 2.70. The third-order valence-corrected chi connectivity index (χ3v) is 6.15. The zero-order valence-electron chi connectivity index (χ0n) is 18.5. The van der Waals surface area contributed by atoms with E-state index in [9.17, 15) is 14.7 Å². The summed E-state index contributed by atoms with van der Waals surface area (Å²) >= 11 is 0. The first kappa shape index (κ1) is 22.5. The topological polar surface area (TPSA) is 94.6 Å². The van der Waals surface area contributed by atoms with Crippen molar-refractivity contribution in [1.29, 1.82) is 0 Å². The lowest BCUT2D eigenvalue weighted by Crippen LogP contribution is -2.47. The van der Waals surface area contributed by atoms with Gasteiger partial charge in [-0.15, -0.1) is 0 Å². The summed E-state index contributed by atoms with van der Waals surface area (Å²) in [6.45, 7) is 9.05. The highest BCUT2D eigenvalue weighted by molar-refractivity contribution is 5.86. The number of pyridine rings is 1. The minimum Gasteiger partial charge on any atom is -0.480 e. The molecule has 1 aromatic heterocycles. The van der Waals surface area contributed by atoms with Crippen LogP contribution in [0, 0.1) is 11.3 Å². The van der Waals surface area contributed by atoms with Crippen molar-refractivity contribution < 1.29 is 14.7 Å². The second-order valence-electron chi connectivity index (χ2n) is 9.74. The van der Waals surface area contributed by atoms with Gasteiger partial charge in [-0.1, -0.05) is 26.8 Å². The zero-order valence-corrected chi connectivity index (χ0v) is 18.5. The third-order valence-electron chi connectivity index (χ3n) is 6.15. The summed E-state index contributed by atoms with van der Waals surface area (Å²) < 4.78 is 0. The van der Waals surface area contributed by atoms with E-state index in [1.807, 2.05) is 0 Å². The van der Waals surface area contributed by atoms with Crippen LogP contribution in [-0.2, 0) is 22.4 Å². The summed E-state index contributed by atoms with van der Waals surface area (Å²) in [7, 11) is 0. The summed E-state index contributed by atoms with van der Waals surface area (Å²) in [5.41, 5.74) is 1.88. The molecule has 7 heteroatoms. The van der Waals surface area contributed by atoms with Gasteiger partial charge in [0.25, 0.3) is 0 Å². The van der Waals surface area contributed by atoms with Gasteiger partial charge in [-0.25, -0.2) is 9.78 Å². The van der Waals surface area contributed by atoms with Gasteiger partial charge < -0.3 is 20.6 Å². The monoisotopic (exact) mass is 416 g/mol. The number of carbonyl (C=O) groups excluding carboxylic acids is 1. The molecule has 166 valence electrons. The Morgan fingerprint density at radius 2 is 2.17 bits per heavy atom. The molecule has 1 amide bonds. The Hall–Kier alpha value is -2.15. The van der Waals surface area contributed by atoms with Gasteiger partial charge in [-0.2, -0.15) is 0 Å². The second-order valence-corrected chi connectivity index (χ2v) is 9.74. The Morgan fingerprint density at radius 3 is 2.90 bits per heavy atom. The van der Waals surface area contributed by atoms with Gasteiger partial charge in [-0.05, 0) is 62.6 Å². The average Bonchev–Trinajstić information content (AvgIpc) is 3.16. The van der Waals surface area contributed by atoms with Crippen LogP contribution in [0.1, 0.15) is 57.7 Å². The molecule has 2 aliphatic rings. The number of amides is 1. The lowest BCUT2D eigenvalue weighted by atomic mass is 9.95. The van der Waals surface area contributed by atoms with E-state index in [-0.39, 0.29) is 5.91 Å². The molecule has 0 radical (unpaired) electrons. The van der Waals surface area contributed by atoms with E-state index in [4.69, 9.17) is 4.98 Å². The third kappa shape index (κ3) is 6.17. The summed E-state index contributed by atoms with van der Waals surface area (Å²) in [5, 5.41) is 15.5. The number of aliphatic carboxylic acids is 1. The van der Waals surface area contributed by atoms with Crippen LogP contribution in [0.4, 0.5) is 5.82 Å². The van der Waals surface area contributed by atoms with Crippen LogP contribution in [0.3, 0.4) is 0 Å². The number of carboxylic acid groups (broad SMARTS) is 1. The van der Waals surface area contributed by atoms with Crippen LogP contribution in [0.2, 0.25) is 0 Å². The number of aryl methyl sites for hydroxylation is 2. The molecule has 3 rings (SSSR count). The fourth-order valence-electron chi connectivity index (χ4n) is 4.16. The Labute approximate surface area is 179 Å². The quantitative estimate of drug-likeness (QED) is 0.603. The van der Waals surface area contributed by atoms with Gasteiger partial charge >= 0.3 is 5.97 Å². The number of nitrogens with one attached hydrogen (secondary N) is 2. The highest BCUT2D eigenvalue weighted by Gasteiger charge is 2.29. The molecule has 0 unspecified atom stereocenters. The Morgan fingerprint density at radius 1 is 1.37 bits per heavy atom. The van der Waals surface area contributed by atoms with E-state index >= 15 is 0 Å². The van der Waals surface area contributed by atoms with Crippen LogP contribution >= 0.6 is 0 Å². The molecule has 2 atom stereocenters. The van der Waals surface area contributed by atoms with Gasteiger partial charge in [0.05, 0.1) is 0 Å². The molecule has 1 fully saturated rings. The number of hydrogen-bond acceptors (Lipinski definition) is 5. The lowest BCUT2D eigenvalue weighted by Gasteiger charge is -2.24. The van der Waals surface area contributed by atoms with Gasteiger partial charge in [0.2, 0.25) is 5.91 Å². The van der Waals surface area contributed by atoms with E-state index in [0.29, 0.717) is 18.9 Å². The molecule has 0 aliphatic carbocycles. The molecule has 1 aromatic rings. The van der Waals surface area contributed by atoms with Crippen molar-refractivity contribution in [2.45, 2.75) is 65.3 Å². The van der Waals surface area contributed by atoms with Crippen molar-refractivity contribution in [2.24, 2.45) is 11.3 Å². The number of aromatic nitrogens is 1. The van der Waals surface area contributed by atoms with Crippen molar-refractivity contribution in [3.8, 4) is 0 Å². The van der Waals surface area contributed by atoms with Crippen LogP contribution in [-0.4, -0.2) is 59.1 Å². The van der Waals surface area contributed by atoms with E-state index in [1.165, 1.54) is 12.0 Å². The summed E-state index contributed by atoms with van der Waals surface area (Å²) in [5.74, 6) is 0.490. The maximum atomic E-state index is 12.1. The van der Waals surface area contributed by atoms with Crippen molar-refractivity contribution >= 4 is 17.7 Å². The van der Waals surface area contributed by atoms with E-state index < -0.39 is 17.4 Å². The molecule has 7 nitrogen and oxygen atoms in total. The standard InChI is InChI=1S/C23H36N4O3/c1-23(2,3)22(30)26-19(21(28)29)11-14-27-13-10-16(15-27)6-8-18-9-7-17-5-4-12-24-20(17)25-18/h7,9,16,19H,4-6,8,10-15H2,1-3H3,(H,24,25)(H,26,30)(H,28,29)/t16-,19-/m0/s1. The van der Waals surface area contributed by atoms with Crippen LogP contribution < -0.4 is 10.6 Å². The molecule has 0 bridgehead atoms. The summed E-state index contributed by atoms with van der Waals surface area (Å²) in [4.78, 5) is 30.8. The number of carbonyl (C=O) groups is 2. The molecule has 0 spiro atoms. The zero-order chi connectivity index (χ0) is 21.7. The number of carboxylic acids is 1. The van der Waals surface area contributed by atoms with Gasteiger partial charge in [-0.3, -0.25) is 4.79 Å². The molecule has 0 saturated carbocycles. The van der Waals surface area contributed by atoms with Crippen molar-refractivity contribution in [1.82, 2.24) is 15.2 Å². The van der Waals surface area contributed by atoms with Crippen molar-refractivity contribution in [3.63, 3.8) is 0 Å². The number of anilines is 1. The average molecular weight is 417 g/mol. The van der Waals surface area contributed by atoms with Crippen LogP contribution in [0.5, 0.6) is 0 Å². The van der Waals surface area contributed by atoms with Gasteiger partial charge in [0.15, 0.2) is 0 Å². The first-order valence-corrected chi connectivity index (χ1v) is 11.2. The fraction of sp³-hybridized carbons (Fsp3) is 0.696. The smallest absolute Gasteiger partial charge is 0.326 e. The maximum absolute atomic E-state index is 12.1. The van der Waals surface area contributed by atoms with Gasteiger partial charge in [0.1, 0.15) is 11.9 Å². The normalized spacial score (nSPS) is 20.3. The second kappa shape index (κ2) is 9.77. The lowest BCUT2D eigenvalue weighted by molar-refractivity contribution is -0.143. The SMILES string of the molecule is CC(C)(C)C(=O)N[C@@H](CCN1CC[C@H](CCc2ccc3c(n2)NCCC3)C1)C(=O)O. The molecule has 2 aliphatic heterocycles. The molecule has 30 heavy (non-hydrogen) atoms. The number of nitrogens with zero attached hydrogens (tertiary/aromatic N) is 2. The maximum Gasteiger partial charge on any atom is 0.326 e. The number of hydrogen-bond donors (Lipinski definition) is 3. The Kier molecular flexibility index (Phi) is 7.34. The van der Waals surface area contributed by atoms with E-state index in [2.05, 4.69) is 27.7 Å². The largest absolute Gasteiger partial charge is 0.480 e. The number of rotatable bonds is 8. The van der Waals surface area contributed by atoms with E-state index in [0.717, 1.165) is 56.8 Å². The molecule has 0 aromatic carbocycles. The summed E-state index contributed by atoms with van der Waals surface area (Å²) in [6, 6.07) is 3.54. The first-order chi connectivity index (χ1) is 14.2. The predicted molar refractivity (Wildman–Crippen MR) is 118 cm³/mol. The highest BCUT2D eigenvalue weighted by atomic mass is 16.4. The molecular formula is C23H36N4O3. The summed E-state index contributed by atoms with van der Waals surface area (Å²) in [6.07, 6.45) is 5.94. The number of likely N-dealkylation sites (tertiary alicyclic amines) is 1. The molecule has 3 N–H and O–H groups in total. The molecular weight excluding hydrogens is 380 g/mol. The fourth-order valence-corrected chi connectivity index (χ4v) is 4.16. The van der Waals surface area contributed by atoms with Crippen molar-refractivity contribution in [2.75, 3.05) is 31.5 Å². The Balaban J connectivity index is 1.42. The van der Waals surface area contributed by atoms with Gasteiger partial charge in [0, 0.05) is 30.7 Å². The van der Waals surface area contributed by atoms with Crippen molar-refractivity contribution in [3.05, 3.63) is 23.4 Å². The van der Waals surface area contributed by atoms with E-state index in [1.54, 1.807) is 20.8 Å². The van der Waals surface area contributed by atoms with Crippen LogP contribution in [0.15, 0.2) is 12.1 Å². The highest BCUT2D eigenvalue weighted by Crippen LogP contribution is 2.24. The van der Waals surface area contributed by atoms with Crippen LogP contribution in [0.25, 0.3) is 0 Å². The minimum atomic E-state index is -0.963.